The minimum atomic E-state index is -0.476. The van der Waals surface area contributed by atoms with Crippen LogP contribution < -0.4 is 10.9 Å². The van der Waals surface area contributed by atoms with Crippen LogP contribution in [0.15, 0.2) is 16.9 Å². The molecule has 0 unspecified atom stereocenters. The highest BCUT2D eigenvalue weighted by Gasteiger charge is 2.23. The van der Waals surface area contributed by atoms with E-state index in [1.807, 2.05) is 0 Å². The zero-order valence-corrected chi connectivity index (χ0v) is 13.5. The number of aromatic amines is 1. The zero-order chi connectivity index (χ0) is 16.6. The van der Waals surface area contributed by atoms with Crippen molar-refractivity contribution in [1.29, 1.82) is 0 Å². The molecule has 1 aromatic heterocycles. The van der Waals surface area contributed by atoms with Gasteiger partial charge < -0.3 is 5.32 Å². The first-order valence-electron chi connectivity index (χ1n) is 6.61. The monoisotopic (exact) mass is 321 g/mol. The van der Waals surface area contributed by atoms with Crippen LogP contribution in [-0.4, -0.2) is 21.5 Å². The van der Waals surface area contributed by atoms with Gasteiger partial charge in [0.25, 0.3) is 5.56 Å². The number of benzene rings is 1. The average Bonchev–Trinajstić information content (AvgIpc) is 2.67. The van der Waals surface area contributed by atoms with Crippen molar-refractivity contribution in [2.75, 3.05) is 5.32 Å². The Bertz CT molecular complexity index is 833. The summed E-state index contributed by atoms with van der Waals surface area (Å²) in [6.45, 7) is 4.77. The molecule has 0 radical (unpaired) electrons. The predicted octanol–water partition coefficient (Wildman–Crippen LogP) is 2.17. The van der Waals surface area contributed by atoms with Crippen LogP contribution in [-0.2, 0) is 11.8 Å². The van der Waals surface area contributed by atoms with E-state index in [0.29, 0.717) is 11.4 Å². The van der Waals surface area contributed by atoms with Gasteiger partial charge in [-0.3, -0.25) is 24.2 Å². The van der Waals surface area contributed by atoms with Gasteiger partial charge in [-0.1, -0.05) is 17.7 Å². The fourth-order valence-corrected chi connectivity index (χ4v) is 2.61. The first kappa shape index (κ1) is 16.0. The number of aromatic nitrogens is 2. The Kier molecular flexibility index (Phi) is 4.23. The summed E-state index contributed by atoms with van der Waals surface area (Å²) in [5.41, 5.74) is 1.38. The molecule has 1 amide bonds. The lowest BCUT2D eigenvalue weighted by atomic mass is 10.0. The molecule has 116 valence electrons. The summed E-state index contributed by atoms with van der Waals surface area (Å²) in [5, 5.41) is 5.51. The second-order valence-electron chi connectivity index (χ2n) is 5.11. The second-order valence-corrected chi connectivity index (χ2v) is 5.48. The summed E-state index contributed by atoms with van der Waals surface area (Å²) in [5.74, 6) is -0.765. The molecular formula is C15H16ClN3O3. The summed E-state index contributed by atoms with van der Waals surface area (Å²) in [6.07, 6.45) is 0. The summed E-state index contributed by atoms with van der Waals surface area (Å²) in [4.78, 5) is 36.0. The van der Waals surface area contributed by atoms with Crippen molar-refractivity contribution in [2.24, 2.45) is 7.05 Å². The number of aryl methyl sites for hydroxylation is 3. The molecule has 0 saturated heterocycles. The van der Waals surface area contributed by atoms with Crippen molar-refractivity contribution >= 4 is 29.0 Å². The Morgan fingerprint density at radius 2 is 1.91 bits per heavy atom. The molecule has 0 saturated carbocycles. The smallest absolute Gasteiger partial charge is 0.277 e. The zero-order valence-electron chi connectivity index (χ0n) is 12.7. The van der Waals surface area contributed by atoms with Gasteiger partial charge in [-0.2, -0.15) is 0 Å². The Morgan fingerprint density at radius 3 is 2.41 bits per heavy atom. The number of hydrogen-bond donors (Lipinski definition) is 2. The molecule has 0 spiro atoms. The van der Waals surface area contributed by atoms with Gasteiger partial charge >= 0.3 is 0 Å². The second kappa shape index (κ2) is 5.81. The summed E-state index contributed by atoms with van der Waals surface area (Å²) in [7, 11) is 1.53. The summed E-state index contributed by atoms with van der Waals surface area (Å²) in [6, 6.07) is 3.23. The van der Waals surface area contributed by atoms with E-state index < -0.39 is 11.3 Å². The minimum absolute atomic E-state index is 0.0435. The molecule has 1 aromatic carbocycles. The van der Waals surface area contributed by atoms with E-state index in [9.17, 15) is 14.4 Å². The van der Waals surface area contributed by atoms with E-state index in [0.717, 1.165) is 5.56 Å². The quantitative estimate of drug-likeness (QED) is 0.850. The molecule has 22 heavy (non-hydrogen) atoms. The van der Waals surface area contributed by atoms with Crippen LogP contribution in [0.25, 0.3) is 0 Å². The normalized spacial score (nSPS) is 10.6. The number of carbonyl (C=O) groups is 2. The third-order valence-corrected chi connectivity index (χ3v) is 3.74. The topological polar surface area (TPSA) is 84.0 Å². The number of rotatable bonds is 3. The van der Waals surface area contributed by atoms with Crippen LogP contribution >= 0.6 is 11.6 Å². The van der Waals surface area contributed by atoms with Crippen LogP contribution in [0.4, 0.5) is 5.69 Å². The van der Waals surface area contributed by atoms with Crippen LogP contribution in [0.5, 0.6) is 0 Å². The average molecular weight is 322 g/mol. The van der Waals surface area contributed by atoms with Crippen LogP contribution in [0.3, 0.4) is 0 Å². The Morgan fingerprint density at radius 1 is 1.27 bits per heavy atom. The van der Waals surface area contributed by atoms with E-state index in [1.165, 1.54) is 18.7 Å². The van der Waals surface area contributed by atoms with Gasteiger partial charge in [-0.05, 0) is 25.5 Å². The first-order chi connectivity index (χ1) is 10.2. The summed E-state index contributed by atoms with van der Waals surface area (Å²) >= 11 is 6.26. The van der Waals surface area contributed by atoms with Crippen LogP contribution in [0, 0.1) is 13.8 Å². The fourth-order valence-electron chi connectivity index (χ4n) is 2.27. The molecule has 2 rings (SSSR count). The van der Waals surface area contributed by atoms with Crippen molar-refractivity contribution in [1.82, 2.24) is 9.78 Å². The molecule has 1 heterocycles. The van der Waals surface area contributed by atoms with Crippen molar-refractivity contribution in [2.45, 2.75) is 20.8 Å². The number of carbonyl (C=O) groups excluding carboxylic acids is 2. The Balaban J connectivity index is 2.60. The van der Waals surface area contributed by atoms with Crippen molar-refractivity contribution in [3.05, 3.63) is 49.9 Å². The van der Waals surface area contributed by atoms with Gasteiger partial charge in [0.05, 0.1) is 10.7 Å². The van der Waals surface area contributed by atoms with Gasteiger partial charge in [-0.25, -0.2) is 0 Å². The number of ketones is 1. The molecule has 2 N–H and O–H groups in total. The predicted molar refractivity (Wildman–Crippen MR) is 84.7 cm³/mol. The SMILES string of the molecule is CC(=O)Nc1c(C)ccc(C(=O)c2c(C)[nH]n(C)c2=O)c1Cl. The number of amides is 1. The number of H-pyrrole nitrogens is 1. The first-order valence-corrected chi connectivity index (χ1v) is 6.98. The van der Waals surface area contributed by atoms with Crippen LogP contribution in [0.2, 0.25) is 5.02 Å². The van der Waals surface area contributed by atoms with E-state index in [1.54, 1.807) is 26.0 Å². The van der Waals surface area contributed by atoms with Gasteiger partial charge in [0.2, 0.25) is 11.7 Å². The van der Waals surface area contributed by atoms with E-state index in [2.05, 4.69) is 10.4 Å². The molecule has 0 aliphatic carbocycles. The van der Waals surface area contributed by atoms with Crippen molar-refractivity contribution in [3.63, 3.8) is 0 Å². The fraction of sp³-hybridized carbons (Fsp3) is 0.267. The van der Waals surface area contributed by atoms with E-state index in [4.69, 9.17) is 11.6 Å². The molecule has 7 heteroatoms. The number of hydrogen-bond acceptors (Lipinski definition) is 3. The van der Waals surface area contributed by atoms with Gasteiger partial charge in [0, 0.05) is 25.2 Å². The minimum Gasteiger partial charge on any atom is -0.325 e. The number of nitrogens with one attached hydrogen (secondary N) is 2. The van der Waals surface area contributed by atoms with Gasteiger partial charge in [-0.15, -0.1) is 0 Å². The van der Waals surface area contributed by atoms with Gasteiger partial charge in [0.15, 0.2) is 0 Å². The molecule has 6 nitrogen and oxygen atoms in total. The number of halogens is 1. The third kappa shape index (κ3) is 2.69. The lowest BCUT2D eigenvalue weighted by molar-refractivity contribution is -0.114. The highest BCUT2D eigenvalue weighted by Crippen LogP contribution is 2.31. The Hall–Kier alpha value is -2.34. The van der Waals surface area contributed by atoms with E-state index >= 15 is 0 Å². The maximum absolute atomic E-state index is 12.6. The Labute approximate surface area is 132 Å². The lowest BCUT2D eigenvalue weighted by Gasteiger charge is -2.12. The maximum Gasteiger partial charge on any atom is 0.277 e. The third-order valence-electron chi connectivity index (χ3n) is 3.35. The molecule has 0 aliphatic rings. The summed E-state index contributed by atoms with van der Waals surface area (Å²) < 4.78 is 1.24. The molecule has 0 bridgehead atoms. The molecule has 0 aliphatic heterocycles. The largest absolute Gasteiger partial charge is 0.325 e. The lowest BCUT2D eigenvalue weighted by Crippen LogP contribution is -2.20. The maximum atomic E-state index is 12.6. The number of nitrogens with zero attached hydrogens (tertiary/aromatic N) is 1. The number of anilines is 1. The highest BCUT2D eigenvalue weighted by molar-refractivity contribution is 6.38. The molecule has 2 aromatic rings. The molecular weight excluding hydrogens is 306 g/mol. The molecule has 0 fully saturated rings. The van der Waals surface area contributed by atoms with E-state index in [-0.39, 0.29) is 22.1 Å². The van der Waals surface area contributed by atoms with Crippen molar-refractivity contribution < 1.29 is 9.59 Å². The molecule has 0 atom stereocenters. The van der Waals surface area contributed by atoms with Crippen molar-refractivity contribution in [3.8, 4) is 0 Å². The van der Waals surface area contributed by atoms with Gasteiger partial charge in [0.1, 0.15) is 5.56 Å². The van der Waals surface area contributed by atoms with Crippen LogP contribution in [0.1, 0.15) is 34.1 Å². The highest BCUT2D eigenvalue weighted by atomic mass is 35.5. The standard InChI is InChI=1S/C15H16ClN3O3/c1-7-5-6-10(12(16)13(7)17-9(3)20)14(21)11-8(2)18-19(4)15(11)22/h5-6,18H,1-4H3,(H,17,20).